The molecule has 0 spiro atoms. The lowest BCUT2D eigenvalue weighted by atomic mass is 10.00. The van der Waals surface area contributed by atoms with Crippen LogP contribution in [0.3, 0.4) is 0 Å². The van der Waals surface area contributed by atoms with E-state index in [1.54, 1.807) is 0 Å². The first-order chi connectivity index (χ1) is 15.3. The number of likely N-dealkylation sites (tertiary alicyclic amines) is 1. The van der Waals surface area contributed by atoms with E-state index in [4.69, 9.17) is 11.5 Å². The standard InChI is InChI=1S/C22H39N5O6/c1-12(2)10-14(23)19(29)26-16(11-13(3)4)21(31)27-9-5-6-17(27)20(30)25-15(22(32)33)7-8-18(24)28/h12-17H,5-11,23H2,1-4H3,(H2,24,28)(H,25,30)(H,26,29)(H,32,33). The SMILES string of the molecule is CC(C)CC(N)C(=O)NC(CC(C)C)C(=O)N1CCCC1C(=O)NC(CCC(N)=O)C(=O)O. The van der Waals surface area contributed by atoms with Crippen molar-refractivity contribution in [1.29, 1.82) is 0 Å². The third kappa shape index (κ3) is 9.37. The molecule has 1 aliphatic rings. The van der Waals surface area contributed by atoms with Crippen LogP contribution in [0.5, 0.6) is 0 Å². The van der Waals surface area contributed by atoms with E-state index in [1.807, 2.05) is 27.7 Å². The van der Waals surface area contributed by atoms with E-state index < -0.39 is 53.8 Å². The predicted octanol–water partition coefficient (Wildman–Crippen LogP) is -0.283. The van der Waals surface area contributed by atoms with Gasteiger partial charge in [-0.1, -0.05) is 27.7 Å². The third-order valence-corrected chi connectivity index (χ3v) is 5.52. The second kappa shape index (κ2) is 13.1. The van der Waals surface area contributed by atoms with Crippen molar-refractivity contribution in [2.45, 2.75) is 90.4 Å². The smallest absolute Gasteiger partial charge is 0.326 e. The van der Waals surface area contributed by atoms with Crippen LogP contribution in [0.15, 0.2) is 0 Å². The van der Waals surface area contributed by atoms with Gasteiger partial charge in [-0.15, -0.1) is 0 Å². The molecule has 0 bridgehead atoms. The quantitative estimate of drug-likeness (QED) is 0.245. The van der Waals surface area contributed by atoms with Crippen LogP contribution in [0.4, 0.5) is 0 Å². The van der Waals surface area contributed by atoms with Gasteiger partial charge in [-0.3, -0.25) is 19.2 Å². The molecule has 4 amide bonds. The Morgan fingerprint density at radius 3 is 2.12 bits per heavy atom. The Balaban J connectivity index is 2.93. The Morgan fingerprint density at radius 1 is 1.00 bits per heavy atom. The molecular formula is C22H39N5O6. The minimum atomic E-state index is -1.29. The molecule has 0 saturated carbocycles. The van der Waals surface area contributed by atoms with Crippen molar-refractivity contribution in [2.24, 2.45) is 23.3 Å². The second-order valence-corrected chi connectivity index (χ2v) is 9.52. The monoisotopic (exact) mass is 469 g/mol. The zero-order valence-electron chi connectivity index (χ0n) is 20.0. The maximum atomic E-state index is 13.3. The predicted molar refractivity (Wildman–Crippen MR) is 122 cm³/mol. The summed E-state index contributed by atoms with van der Waals surface area (Å²) in [6, 6.07) is -3.73. The molecule has 7 N–H and O–H groups in total. The van der Waals surface area contributed by atoms with Crippen LogP contribution < -0.4 is 22.1 Å². The Morgan fingerprint density at radius 2 is 1.61 bits per heavy atom. The number of carbonyl (C=O) groups is 5. The van der Waals surface area contributed by atoms with E-state index in [0.29, 0.717) is 32.2 Å². The molecule has 11 nitrogen and oxygen atoms in total. The zero-order chi connectivity index (χ0) is 25.3. The van der Waals surface area contributed by atoms with Gasteiger partial charge in [0.25, 0.3) is 0 Å². The molecule has 1 fully saturated rings. The molecule has 1 heterocycles. The number of hydrogen-bond donors (Lipinski definition) is 5. The first kappa shape index (κ1) is 28.3. The molecule has 1 aliphatic heterocycles. The Hall–Kier alpha value is -2.69. The largest absolute Gasteiger partial charge is 0.480 e. The number of carboxylic acids is 1. The number of aliphatic carboxylic acids is 1. The van der Waals surface area contributed by atoms with Crippen LogP contribution >= 0.6 is 0 Å². The highest BCUT2D eigenvalue weighted by Gasteiger charge is 2.39. The van der Waals surface area contributed by atoms with Crippen molar-refractivity contribution >= 4 is 29.6 Å². The van der Waals surface area contributed by atoms with Gasteiger partial charge in [-0.25, -0.2) is 4.79 Å². The summed E-state index contributed by atoms with van der Waals surface area (Å²) < 4.78 is 0. The van der Waals surface area contributed by atoms with Crippen molar-refractivity contribution in [3.05, 3.63) is 0 Å². The molecule has 1 saturated heterocycles. The van der Waals surface area contributed by atoms with Gasteiger partial charge in [0.1, 0.15) is 18.1 Å². The molecule has 0 aromatic carbocycles. The van der Waals surface area contributed by atoms with Crippen LogP contribution in [-0.2, 0) is 24.0 Å². The molecular weight excluding hydrogens is 430 g/mol. The zero-order valence-corrected chi connectivity index (χ0v) is 20.0. The summed E-state index contributed by atoms with van der Waals surface area (Å²) in [6.07, 6.45) is 1.46. The van der Waals surface area contributed by atoms with Crippen molar-refractivity contribution < 1.29 is 29.1 Å². The van der Waals surface area contributed by atoms with E-state index in [2.05, 4.69) is 10.6 Å². The van der Waals surface area contributed by atoms with Gasteiger partial charge >= 0.3 is 5.97 Å². The highest BCUT2D eigenvalue weighted by molar-refractivity contribution is 5.94. The number of nitrogens with zero attached hydrogens (tertiary/aromatic N) is 1. The van der Waals surface area contributed by atoms with E-state index >= 15 is 0 Å². The van der Waals surface area contributed by atoms with Gasteiger partial charge in [0.05, 0.1) is 6.04 Å². The number of amides is 4. The molecule has 0 aliphatic carbocycles. The average Bonchev–Trinajstić information content (AvgIpc) is 3.18. The minimum Gasteiger partial charge on any atom is -0.480 e. The van der Waals surface area contributed by atoms with Gasteiger partial charge in [0, 0.05) is 13.0 Å². The highest BCUT2D eigenvalue weighted by Crippen LogP contribution is 2.21. The van der Waals surface area contributed by atoms with Crippen LogP contribution in [0, 0.1) is 11.8 Å². The first-order valence-electron chi connectivity index (χ1n) is 11.5. The lowest BCUT2D eigenvalue weighted by molar-refractivity contribution is -0.145. The van der Waals surface area contributed by atoms with Crippen LogP contribution in [0.1, 0.15) is 66.2 Å². The van der Waals surface area contributed by atoms with E-state index in [1.165, 1.54) is 4.90 Å². The number of primary amides is 1. The molecule has 0 radical (unpaired) electrons. The molecule has 188 valence electrons. The lowest BCUT2D eigenvalue weighted by Crippen LogP contribution is -2.57. The van der Waals surface area contributed by atoms with Crippen molar-refractivity contribution in [1.82, 2.24) is 15.5 Å². The Labute approximate surface area is 195 Å². The molecule has 11 heteroatoms. The van der Waals surface area contributed by atoms with E-state index in [-0.39, 0.29) is 24.7 Å². The Kier molecular flexibility index (Phi) is 11.3. The maximum Gasteiger partial charge on any atom is 0.326 e. The van der Waals surface area contributed by atoms with Gasteiger partial charge in [0.2, 0.25) is 23.6 Å². The number of nitrogens with one attached hydrogen (secondary N) is 2. The second-order valence-electron chi connectivity index (χ2n) is 9.52. The van der Waals surface area contributed by atoms with Crippen LogP contribution in [0.2, 0.25) is 0 Å². The summed E-state index contributed by atoms with van der Waals surface area (Å²) in [5.41, 5.74) is 11.0. The summed E-state index contributed by atoms with van der Waals surface area (Å²) in [5, 5.41) is 14.5. The number of hydrogen-bond acceptors (Lipinski definition) is 6. The first-order valence-corrected chi connectivity index (χ1v) is 11.5. The van der Waals surface area contributed by atoms with Crippen LogP contribution in [0.25, 0.3) is 0 Å². The number of carbonyl (C=O) groups excluding carboxylic acids is 4. The van der Waals surface area contributed by atoms with Crippen molar-refractivity contribution in [2.75, 3.05) is 6.54 Å². The van der Waals surface area contributed by atoms with E-state index in [9.17, 15) is 29.1 Å². The summed E-state index contributed by atoms with van der Waals surface area (Å²) >= 11 is 0. The normalized spacial score (nSPS) is 18.6. The minimum absolute atomic E-state index is 0.0978. The molecule has 33 heavy (non-hydrogen) atoms. The molecule has 4 unspecified atom stereocenters. The fourth-order valence-corrected chi connectivity index (χ4v) is 3.90. The number of rotatable bonds is 13. The number of carboxylic acid groups (broad SMARTS) is 1. The van der Waals surface area contributed by atoms with Gasteiger partial charge in [0.15, 0.2) is 0 Å². The summed E-state index contributed by atoms with van der Waals surface area (Å²) in [4.78, 5) is 62.6. The molecule has 4 atom stereocenters. The van der Waals surface area contributed by atoms with E-state index in [0.717, 1.165) is 0 Å². The van der Waals surface area contributed by atoms with Gasteiger partial charge in [-0.2, -0.15) is 0 Å². The molecule has 0 aromatic heterocycles. The Bertz CT molecular complexity index is 726. The van der Waals surface area contributed by atoms with Crippen molar-refractivity contribution in [3.8, 4) is 0 Å². The third-order valence-electron chi connectivity index (χ3n) is 5.52. The average molecular weight is 470 g/mol. The fraction of sp³-hybridized carbons (Fsp3) is 0.773. The topological polar surface area (TPSA) is 185 Å². The van der Waals surface area contributed by atoms with Gasteiger partial charge < -0.3 is 32.1 Å². The van der Waals surface area contributed by atoms with Crippen molar-refractivity contribution in [3.63, 3.8) is 0 Å². The highest BCUT2D eigenvalue weighted by atomic mass is 16.4. The molecule has 1 rings (SSSR count). The number of nitrogens with two attached hydrogens (primary N) is 2. The molecule has 0 aromatic rings. The van der Waals surface area contributed by atoms with Gasteiger partial charge in [-0.05, 0) is 43.9 Å². The fourth-order valence-electron chi connectivity index (χ4n) is 3.90. The summed E-state index contributed by atoms with van der Waals surface area (Å²) in [7, 11) is 0. The van der Waals surface area contributed by atoms with Crippen LogP contribution in [-0.4, -0.2) is 70.3 Å². The lowest BCUT2D eigenvalue weighted by Gasteiger charge is -2.30. The maximum absolute atomic E-state index is 13.3. The summed E-state index contributed by atoms with van der Waals surface area (Å²) in [5.74, 6) is -3.06. The summed E-state index contributed by atoms with van der Waals surface area (Å²) in [6.45, 7) is 8.06.